The molecule has 0 aromatic heterocycles. The predicted molar refractivity (Wildman–Crippen MR) is 145 cm³/mol. The van der Waals surface area contributed by atoms with Crippen molar-refractivity contribution in [1.82, 2.24) is 0 Å². The molecule has 1 aliphatic heterocycles. The number of aliphatic imine (C=N–C) groups is 1. The normalized spacial score (nSPS) is 15.0. The second kappa shape index (κ2) is 15.7. The monoisotopic (exact) mass is 463 g/mol. The zero-order valence-corrected chi connectivity index (χ0v) is 21.9. The minimum atomic E-state index is -0.257. The third-order valence-electron chi connectivity index (χ3n) is 5.12. The first-order chi connectivity index (χ1) is 16.5. The van der Waals surface area contributed by atoms with Gasteiger partial charge in [-0.25, -0.2) is 4.79 Å². The van der Waals surface area contributed by atoms with Gasteiger partial charge in [0.25, 0.3) is 0 Å². The van der Waals surface area contributed by atoms with Crippen LogP contribution in [-0.2, 0) is 9.53 Å². The van der Waals surface area contributed by atoms with Crippen LogP contribution in [0.15, 0.2) is 71.2 Å². The number of aryl methyl sites for hydroxylation is 1. The number of hydrogen-bond donors (Lipinski definition) is 1. The Kier molecular flexibility index (Phi) is 13.3. The highest BCUT2D eigenvalue weighted by Gasteiger charge is 2.23. The fraction of sp³-hybridized carbons (Fsp3) is 0.400. The van der Waals surface area contributed by atoms with E-state index in [0.29, 0.717) is 18.6 Å². The van der Waals surface area contributed by atoms with E-state index in [1.807, 2.05) is 59.8 Å². The molecule has 0 bridgehead atoms. The Balaban J connectivity index is 0.00000137. The van der Waals surface area contributed by atoms with Crippen LogP contribution in [-0.4, -0.2) is 29.4 Å². The standard InChI is InChI=1S/C26H29NO3.2C2H6/c1-4-6-21(26(29)30-5-2)15-23-16-22(19-9-7-18(3)8-10-19)17-25(27-23)20-11-13-24(28)14-12-20;2*1-2/h6-14,17,23,28H,4-5,15-16H2,1-3H3;2*1-2H3/b21-6+;;. The quantitative estimate of drug-likeness (QED) is 0.338. The lowest BCUT2D eigenvalue weighted by Gasteiger charge is -2.23. The van der Waals surface area contributed by atoms with Crippen molar-refractivity contribution in [2.75, 3.05) is 6.61 Å². The number of aromatic hydroxyl groups is 1. The molecular formula is C30H41NO3. The number of carbonyl (C=O) groups is 1. The summed E-state index contributed by atoms with van der Waals surface area (Å²) in [6.07, 6.45) is 6.12. The molecule has 4 heteroatoms. The molecular weight excluding hydrogens is 422 g/mol. The Morgan fingerprint density at radius 2 is 1.59 bits per heavy atom. The van der Waals surface area contributed by atoms with Crippen LogP contribution in [0.4, 0.5) is 0 Å². The molecule has 0 amide bonds. The van der Waals surface area contributed by atoms with Gasteiger partial charge in [-0.3, -0.25) is 4.99 Å². The SMILES string of the molecule is CC.CC.CC/C=C(\CC1CC(c2ccc(C)cc2)=CC(c2ccc(O)cc2)=N1)C(=O)OCC. The first kappa shape index (κ1) is 28.9. The Morgan fingerprint density at radius 1 is 1.00 bits per heavy atom. The van der Waals surface area contributed by atoms with Crippen molar-refractivity contribution in [2.45, 2.75) is 73.8 Å². The number of esters is 1. The van der Waals surface area contributed by atoms with Crippen molar-refractivity contribution in [3.05, 3.63) is 82.9 Å². The lowest BCUT2D eigenvalue weighted by Crippen LogP contribution is -2.19. The minimum absolute atomic E-state index is 0.0580. The zero-order chi connectivity index (χ0) is 25.5. The van der Waals surface area contributed by atoms with E-state index in [0.717, 1.165) is 29.7 Å². The maximum Gasteiger partial charge on any atom is 0.333 e. The average Bonchev–Trinajstić information content (AvgIpc) is 2.87. The second-order valence-electron chi connectivity index (χ2n) is 7.52. The number of dihydropyridines is 1. The summed E-state index contributed by atoms with van der Waals surface area (Å²) in [5.41, 5.74) is 6.06. The van der Waals surface area contributed by atoms with E-state index in [4.69, 9.17) is 9.73 Å². The van der Waals surface area contributed by atoms with E-state index < -0.39 is 0 Å². The average molecular weight is 464 g/mol. The Hall–Kier alpha value is -3.14. The highest BCUT2D eigenvalue weighted by molar-refractivity contribution is 6.13. The molecule has 1 heterocycles. The molecule has 0 saturated carbocycles. The molecule has 0 radical (unpaired) electrons. The van der Waals surface area contributed by atoms with E-state index >= 15 is 0 Å². The molecule has 2 aromatic carbocycles. The summed E-state index contributed by atoms with van der Waals surface area (Å²) in [7, 11) is 0. The Bertz CT molecular complexity index is 967. The largest absolute Gasteiger partial charge is 0.508 e. The molecule has 1 aliphatic rings. The molecule has 1 N–H and O–H groups in total. The predicted octanol–water partition coefficient (Wildman–Crippen LogP) is 7.69. The topological polar surface area (TPSA) is 58.9 Å². The maximum absolute atomic E-state index is 12.4. The molecule has 184 valence electrons. The van der Waals surface area contributed by atoms with Crippen LogP contribution >= 0.6 is 0 Å². The third kappa shape index (κ3) is 8.66. The maximum atomic E-state index is 12.4. The molecule has 0 aliphatic carbocycles. The van der Waals surface area contributed by atoms with Crippen LogP contribution < -0.4 is 0 Å². The van der Waals surface area contributed by atoms with Crippen LogP contribution in [0.2, 0.25) is 0 Å². The van der Waals surface area contributed by atoms with E-state index in [1.165, 1.54) is 11.1 Å². The molecule has 0 spiro atoms. The lowest BCUT2D eigenvalue weighted by atomic mass is 9.89. The summed E-state index contributed by atoms with van der Waals surface area (Å²) in [6, 6.07) is 15.5. The first-order valence-corrected chi connectivity index (χ1v) is 12.5. The molecule has 2 aromatic rings. The van der Waals surface area contributed by atoms with Crippen molar-refractivity contribution in [2.24, 2.45) is 4.99 Å². The summed E-state index contributed by atoms with van der Waals surface area (Å²) in [5.74, 6) is -0.0305. The van der Waals surface area contributed by atoms with Gasteiger partial charge in [0.05, 0.1) is 18.4 Å². The van der Waals surface area contributed by atoms with Gasteiger partial charge in [-0.05, 0) is 73.7 Å². The van der Waals surface area contributed by atoms with Gasteiger partial charge in [-0.15, -0.1) is 0 Å². The fourth-order valence-electron chi connectivity index (χ4n) is 3.61. The van der Waals surface area contributed by atoms with Crippen LogP contribution in [0.5, 0.6) is 5.75 Å². The zero-order valence-electron chi connectivity index (χ0n) is 21.9. The number of phenolic OH excluding ortho intramolecular Hbond substituents is 1. The molecule has 3 rings (SSSR count). The van der Waals surface area contributed by atoms with Gasteiger partial charge < -0.3 is 9.84 Å². The highest BCUT2D eigenvalue weighted by atomic mass is 16.5. The molecule has 0 saturated heterocycles. The summed E-state index contributed by atoms with van der Waals surface area (Å²) < 4.78 is 5.25. The summed E-state index contributed by atoms with van der Waals surface area (Å²) in [4.78, 5) is 17.4. The van der Waals surface area contributed by atoms with Crippen molar-refractivity contribution in [3.63, 3.8) is 0 Å². The second-order valence-corrected chi connectivity index (χ2v) is 7.52. The molecule has 4 nitrogen and oxygen atoms in total. The Labute approximate surface area is 206 Å². The number of phenols is 1. The van der Waals surface area contributed by atoms with Crippen molar-refractivity contribution >= 4 is 17.3 Å². The van der Waals surface area contributed by atoms with Gasteiger partial charge in [-0.2, -0.15) is 0 Å². The number of allylic oxidation sites excluding steroid dienone is 2. The van der Waals surface area contributed by atoms with Crippen LogP contribution in [0, 0.1) is 6.92 Å². The highest BCUT2D eigenvalue weighted by Crippen LogP contribution is 2.30. The summed E-state index contributed by atoms with van der Waals surface area (Å²) >= 11 is 0. The summed E-state index contributed by atoms with van der Waals surface area (Å²) in [5, 5.41) is 9.64. The molecule has 34 heavy (non-hydrogen) atoms. The van der Waals surface area contributed by atoms with Crippen LogP contribution in [0.1, 0.15) is 77.5 Å². The number of ether oxygens (including phenoxy) is 1. The van der Waals surface area contributed by atoms with Gasteiger partial charge in [0, 0.05) is 12.0 Å². The minimum Gasteiger partial charge on any atom is -0.508 e. The number of hydrogen-bond acceptors (Lipinski definition) is 4. The number of carbonyl (C=O) groups excluding carboxylic acids is 1. The van der Waals surface area contributed by atoms with Gasteiger partial charge in [0.2, 0.25) is 0 Å². The summed E-state index contributed by atoms with van der Waals surface area (Å²) in [6.45, 7) is 14.3. The number of rotatable bonds is 7. The van der Waals surface area contributed by atoms with Gasteiger partial charge in [-0.1, -0.05) is 70.5 Å². The fourth-order valence-corrected chi connectivity index (χ4v) is 3.61. The van der Waals surface area contributed by atoms with E-state index in [9.17, 15) is 9.90 Å². The number of benzene rings is 2. The van der Waals surface area contributed by atoms with Crippen molar-refractivity contribution in [3.8, 4) is 5.75 Å². The first-order valence-electron chi connectivity index (χ1n) is 12.5. The van der Waals surface area contributed by atoms with Crippen LogP contribution in [0.25, 0.3) is 5.57 Å². The van der Waals surface area contributed by atoms with Crippen LogP contribution in [0.3, 0.4) is 0 Å². The molecule has 1 unspecified atom stereocenters. The lowest BCUT2D eigenvalue weighted by molar-refractivity contribution is -0.138. The van der Waals surface area contributed by atoms with E-state index in [-0.39, 0.29) is 17.8 Å². The molecule has 0 fully saturated rings. The third-order valence-corrected chi connectivity index (χ3v) is 5.12. The molecule has 1 atom stereocenters. The van der Waals surface area contributed by atoms with Crippen molar-refractivity contribution in [1.29, 1.82) is 0 Å². The van der Waals surface area contributed by atoms with E-state index in [1.54, 1.807) is 12.1 Å². The Morgan fingerprint density at radius 3 is 2.15 bits per heavy atom. The smallest absolute Gasteiger partial charge is 0.333 e. The van der Waals surface area contributed by atoms with Gasteiger partial charge in [0.1, 0.15) is 5.75 Å². The number of nitrogens with zero attached hydrogens (tertiary/aromatic N) is 1. The van der Waals surface area contributed by atoms with Gasteiger partial charge in [0.15, 0.2) is 0 Å². The van der Waals surface area contributed by atoms with Crippen molar-refractivity contribution < 1.29 is 14.6 Å². The van der Waals surface area contributed by atoms with Gasteiger partial charge >= 0.3 is 5.97 Å². The van der Waals surface area contributed by atoms with E-state index in [2.05, 4.69) is 37.3 Å².